The first-order valence-corrected chi connectivity index (χ1v) is 5.02. The fraction of sp³-hybridized carbons (Fsp3) is 0.231. The highest BCUT2D eigenvalue weighted by Crippen LogP contribution is 2.05. The summed E-state index contributed by atoms with van der Waals surface area (Å²) >= 11 is 0. The van der Waals surface area contributed by atoms with Gasteiger partial charge in [0.15, 0.2) is 0 Å². The number of carboxylic acids is 1. The fourth-order valence-corrected chi connectivity index (χ4v) is 1.18. The predicted octanol–water partition coefficient (Wildman–Crippen LogP) is 1.23. The standard InChI is InChI=1S/C13H12O4/c1-17-13(16)9-7-11-4-2-10(3-5-11)6-8-12(14)15/h2-5H,6,8H2,1H3,(H,14,15). The van der Waals surface area contributed by atoms with Crippen LogP contribution in [0.4, 0.5) is 0 Å². The van der Waals surface area contributed by atoms with Crippen LogP contribution in [0.3, 0.4) is 0 Å². The number of ether oxygens (including phenoxy) is 1. The summed E-state index contributed by atoms with van der Waals surface area (Å²) in [6.45, 7) is 0. The Kier molecular flexibility index (Phi) is 4.77. The maximum Gasteiger partial charge on any atom is 0.384 e. The molecule has 0 aromatic heterocycles. The number of aliphatic carboxylic acids is 1. The summed E-state index contributed by atoms with van der Waals surface area (Å²) in [4.78, 5) is 21.1. The van der Waals surface area contributed by atoms with Crippen LogP contribution in [0.2, 0.25) is 0 Å². The van der Waals surface area contributed by atoms with Crippen molar-refractivity contribution < 1.29 is 19.4 Å². The van der Waals surface area contributed by atoms with Crippen molar-refractivity contribution in [2.45, 2.75) is 12.8 Å². The Hall–Kier alpha value is -2.28. The molecule has 0 spiro atoms. The number of aryl methyl sites for hydroxylation is 1. The summed E-state index contributed by atoms with van der Waals surface area (Å²) in [6.07, 6.45) is 0.591. The van der Waals surface area contributed by atoms with Gasteiger partial charge >= 0.3 is 11.9 Å². The Bertz CT molecular complexity index is 462. The summed E-state index contributed by atoms with van der Waals surface area (Å²) < 4.78 is 4.38. The number of esters is 1. The number of benzene rings is 1. The molecule has 4 nitrogen and oxygen atoms in total. The molecule has 0 aliphatic rings. The molecule has 0 aliphatic carbocycles. The number of carbonyl (C=O) groups excluding carboxylic acids is 1. The second kappa shape index (κ2) is 6.33. The Morgan fingerprint density at radius 3 is 2.47 bits per heavy atom. The molecule has 0 saturated carbocycles. The molecule has 0 aliphatic heterocycles. The van der Waals surface area contributed by atoms with E-state index < -0.39 is 11.9 Å². The van der Waals surface area contributed by atoms with E-state index in [4.69, 9.17) is 5.11 Å². The highest BCUT2D eigenvalue weighted by molar-refractivity contribution is 5.88. The van der Waals surface area contributed by atoms with Gasteiger partial charge in [0, 0.05) is 17.9 Å². The molecule has 1 rings (SSSR count). The van der Waals surface area contributed by atoms with Crippen LogP contribution in [0.1, 0.15) is 17.5 Å². The molecule has 1 aromatic carbocycles. The Morgan fingerprint density at radius 2 is 1.94 bits per heavy atom. The third-order valence-electron chi connectivity index (χ3n) is 2.08. The van der Waals surface area contributed by atoms with Crippen molar-refractivity contribution in [1.82, 2.24) is 0 Å². The minimum absolute atomic E-state index is 0.104. The largest absolute Gasteiger partial charge is 0.481 e. The van der Waals surface area contributed by atoms with Crippen LogP contribution in [0, 0.1) is 11.8 Å². The van der Waals surface area contributed by atoms with Gasteiger partial charge in [0.1, 0.15) is 0 Å². The number of rotatable bonds is 3. The smallest absolute Gasteiger partial charge is 0.384 e. The minimum Gasteiger partial charge on any atom is -0.481 e. The van der Waals surface area contributed by atoms with Gasteiger partial charge < -0.3 is 9.84 Å². The number of carbonyl (C=O) groups is 2. The highest BCUT2D eigenvalue weighted by Gasteiger charge is 1.98. The van der Waals surface area contributed by atoms with Crippen molar-refractivity contribution in [2.75, 3.05) is 7.11 Å². The van der Waals surface area contributed by atoms with E-state index in [1.165, 1.54) is 7.11 Å². The summed E-state index contributed by atoms with van der Waals surface area (Å²) in [7, 11) is 1.27. The molecule has 0 atom stereocenters. The number of carboxylic acid groups (broad SMARTS) is 1. The summed E-state index contributed by atoms with van der Waals surface area (Å²) in [6, 6.07) is 7.08. The Labute approximate surface area is 99.2 Å². The Morgan fingerprint density at radius 1 is 1.29 bits per heavy atom. The lowest BCUT2D eigenvalue weighted by Gasteiger charge is -1.98. The van der Waals surface area contributed by atoms with Gasteiger partial charge in [0.2, 0.25) is 0 Å². The van der Waals surface area contributed by atoms with Crippen molar-refractivity contribution in [3.8, 4) is 11.8 Å². The van der Waals surface area contributed by atoms with Crippen LogP contribution in [0.15, 0.2) is 24.3 Å². The second-order valence-electron chi connectivity index (χ2n) is 3.33. The van der Waals surface area contributed by atoms with Crippen LogP contribution in [0.25, 0.3) is 0 Å². The van der Waals surface area contributed by atoms with Crippen molar-refractivity contribution in [3.05, 3.63) is 35.4 Å². The van der Waals surface area contributed by atoms with Gasteiger partial charge in [0.05, 0.1) is 7.11 Å². The van der Waals surface area contributed by atoms with E-state index in [0.29, 0.717) is 12.0 Å². The molecular weight excluding hydrogens is 220 g/mol. The van der Waals surface area contributed by atoms with E-state index >= 15 is 0 Å². The van der Waals surface area contributed by atoms with E-state index in [2.05, 4.69) is 16.6 Å². The molecule has 0 unspecified atom stereocenters. The summed E-state index contributed by atoms with van der Waals surface area (Å²) in [5.74, 6) is 3.56. The summed E-state index contributed by atoms with van der Waals surface area (Å²) in [5.41, 5.74) is 1.62. The lowest BCUT2D eigenvalue weighted by Crippen LogP contribution is -1.97. The zero-order chi connectivity index (χ0) is 12.7. The van der Waals surface area contributed by atoms with Crippen LogP contribution in [-0.2, 0) is 20.7 Å². The van der Waals surface area contributed by atoms with Crippen molar-refractivity contribution in [1.29, 1.82) is 0 Å². The summed E-state index contributed by atoms with van der Waals surface area (Å²) in [5, 5.41) is 8.53. The van der Waals surface area contributed by atoms with Gasteiger partial charge in [-0.3, -0.25) is 4.79 Å². The molecule has 0 amide bonds. The fourth-order valence-electron chi connectivity index (χ4n) is 1.18. The third-order valence-corrected chi connectivity index (χ3v) is 2.08. The van der Waals surface area contributed by atoms with E-state index in [1.54, 1.807) is 24.3 Å². The SMILES string of the molecule is COC(=O)C#Cc1ccc(CCC(=O)O)cc1. The topological polar surface area (TPSA) is 63.6 Å². The van der Waals surface area contributed by atoms with Crippen LogP contribution >= 0.6 is 0 Å². The molecule has 0 saturated heterocycles. The maximum absolute atomic E-state index is 10.8. The highest BCUT2D eigenvalue weighted by atomic mass is 16.5. The molecule has 1 aromatic rings. The van der Waals surface area contributed by atoms with Crippen LogP contribution in [0.5, 0.6) is 0 Å². The van der Waals surface area contributed by atoms with Crippen molar-refractivity contribution >= 4 is 11.9 Å². The lowest BCUT2D eigenvalue weighted by atomic mass is 10.1. The van der Waals surface area contributed by atoms with E-state index in [9.17, 15) is 9.59 Å². The first-order valence-electron chi connectivity index (χ1n) is 5.02. The first kappa shape index (κ1) is 12.8. The zero-order valence-corrected chi connectivity index (χ0v) is 9.40. The molecule has 0 fully saturated rings. The van der Waals surface area contributed by atoms with Gasteiger partial charge in [-0.15, -0.1) is 0 Å². The first-order chi connectivity index (χ1) is 8.11. The van der Waals surface area contributed by atoms with Gasteiger partial charge in [-0.25, -0.2) is 4.79 Å². The molecular formula is C13H12O4. The van der Waals surface area contributed by atoms with Gasteiger partial charge in [-0.05, 0) is 24.1 Å². The molecule has 0 heterocycles. The molecule has 0 bridgehead atoms. The molecule has 4 heteroatoms. The van der Waals surface area contributed by atoms with Crippen LogP contribution in [-0.4, -0.2) is 24.2 Å². The normalized spacial score (nSPS) is 9.00. The monoisotopic (exact) mass is 232 g/mol. The van der Waals surface area contributed by atoms with E-state index in [-0.39, 0.29) is 6.42 Å². The molecule has 1 N–H and O–H groups in total. The molecule has 17 heavy (non-hydrogen) atoms. The van der Waals surface area contributed by atoms with Gasteiger partial charge in [0.25, 0.3) is 0 Å². The third kappa shape index (κ3) is 4.85. The Balaban J connectivity index is 2.63. The van der Waals surface area contributed by atoms with E-state index in [0.717, 1.165) is 5.56 Å². The number of hydrogen-bond donors (Lipinski definition) is 1. The van der Waals surface area contributed by atoms with Crippen molar-refractivity contribution in [2.24, 2.45) is 0 Å². The van der Waals surface area contributed by atoms with Gasteiger partial charge in [-0.2, -0.15) is 0 Å². The zero-order valence-electron chi connectivity index (χ0n) is 9.40. The second-order valence-corrected chi connectivity index (χ2v) is 3.33. The average Bonchev–Trinajstić information content (AvgIpc) is 2.34. The van der Waals surface area contributed by atoms with Gasteiger partial charge in [-0.1, -0.05) is 18.1 Å². The lowest BCUT2D eigenvalue weighted by molar-refractivity contribution is -0.137. The average molecular weight is 232 g/mol. The maximum atomic E-state index is 10.8. The number of methoxy groups -OCH3 is 1. The van der Waals surface area contributed by atoms with Crippen LogP contribution < -0.4 is 0 Å². The van der Waals surface area contributed by atoms with Crippen molar-refractivity contribution in [3.63, 3.8) is 0 Å². The molecule has 88 valence electrons. The molecule has 0 radical (unpaired) electrons. The quantitative estimate of drug-likeness (QED) is 0.628. The predicted molar refractivity (Wildman–Crippen MR) is 61.3 cm³/mol. The van der Waals surface area contributed by atoms with E-state index in [1.807, 2.05) is 0 Å². The number of hydrogen-bond acceptors (Lipinski definition) is 3. The minimum atomic E-state index is -0.820.